The lowest BCUT2D eigenvalue weighted by atomic mass is 10.0. The van der Waals surface area contributed by atoms with E-state index in [4.69, 9.17) is 4.74 Å². The normalized spacial score (nSPS) is 15.4. The largest absolute Gasteiger partial charge is 0.431 e. The molecule has 1 heterocycles. The number of rotatable bonds is 8. The van der Waals surface area contributed by atoms with Crippen molar-refractivity contribution in [2.75, 3.05) is 6.54 Å². The summed E-state index contributed by atoms with van der Waals surface area (Å²) in [4.78, 5) is 4.53. The van der Waals surface area contributed by atoms with Crippen LogP contribution in [0.1, 0.15) is 31.7 Å². The average molecular weight is 353 g/mol. The van der Waals surface area contributed by atoms with Gasteiger partial charge in [-0.3, -0.25) is 0 Å². The van der Waals surface area contributed by atoms with E-state index < -0.39 is 0 Å². The monoisotopic (exact) mass is 352 g/mol. The fraction of sp³-hybridized carbons (Fsp3) is 0.381. The van der Waals surface area contributed by atoms with Gasteiger partial charge in [-0.15, -0.1) is 0 Å². The van der Waals surface area contributed by atoms with Gasteiger partial charge in [-0.1, -0.05) is 42.5 Å². The van der Waals surface area contributed by atoms with Gasteiger partial charge in [0.05, 0.1) is 10.2 Å². The van der Waals surface area contributed by atoms with Crippen LogP contribution < -0.4 is 10.1 Å². The maximum absolute atomic E-state index is 5.94. The van der Waals surface area contributed by atoms with Gasteiger partial charge in [0.1, 0.15) is 5.75 Å². The van der Waals surface area contributed by atoms with Crippen molar-refractivity contribution in [2.24, 2.45) is 5.92 Å². The van der Waals surface area contributed by atoms with Crippen molar-refractivity contribution in [2.45, 2.75) is 38.6 Å². The summed E-state index contributed by atoms with van der Waals surface area (Å²) in [6, 6.07) is 17.2. The minimum absolute atomic E-state index is 0.621. The first-order chi connectivity index (χ1) is 12.3. The number of ether oxygens (including phenoxy) is 1. The second kappa shape index (κ2) is 7.54. The summed E-state index contributed by atoms with van der Waals surface area (Å²) in [5.41, 5.74) is 2.37. The maximum Gasteiger partial charge on any atom is 0.279 e. The Bertz CT molecular complexity index is 790. The summed E-state index contributed by atoms with van der Waals surface area (Å²) >= 11 is 1.58. The van der Waals surface area contributed by atoms with Crippen LogP contribution in [0.25, 0.3) is 10.2 Å². The van der Waals surface area contributed by atoms with Gasteiger partial charge in [-0.2, -0.15) is 0 Å². The fourth-order valence-electron chi connectivity index (χ4n) is 3.18. The zero-order chi connectivity index (χ0) is 17.1. The van der Waals surface area contributed by atoms with Crippen molar-refractivity contribution in [1.29, 1.82) is 0 Å². The number of aromatic nitrogens is 1. The predicted molar refractivity (Wildman–Crippen MR) is 105 cm³/mol. The highest BCUT2D eigenvalue weighted by Crippen LogP contribution is 2.35. The van der Waals surface area contributed by atoms with E-state index in [-0.39, 0.29) is 0 Å². The van der Waals surface area contributed by atoms with Crippen molar-refractivity contribution < 1.29 is 4.74 Å². The number of nitrogens with one attached hydrogen (secondary N) is 1. The number of para-hydroxylation sites is 1. The first-order valence-corrected chi connectivity index (χ1v) is 9.99. The number of hydrogen-bond acceptors (Lipinski definition) is 4. The first-order valence-electron chi connectivity index (χ1n) is 9.17. The van der Waals surface area contributed by atoms with Crippen molar-refractivity contribution in [3.05, 3.63) is 54.1 Å². The summed E-state index contributed by atoms with van der Waals surface area (Å²) in [5, 5.41) is 4.41. The van der Waals surface area contributed by atoms with Crippen LogP contribution in [0.2, 0.25) is 0 Å². The van der Waals surface area contributed by atoms with E-state index >= 15 is 0 Å². The standard InChI is InChI=1S/C21H24N2OS/c1-2-13-22-19(16-9-10-16)14-15-7-11-17(12-8-15)24-21-23-18-5-3-4-6-20(18)25-21/h3-8,11-12,16,19,22H,2,9-10,13-14H2,1H3. The van der Waals surface area contributed by atoms with E-state index in [0.717, 1.165) is 34.8 Å². The smallest absolute Gasteiger partial charge is 0.279 e. The molecule has 1 N–H and O–H groups in total. The summed E-state index contributed by atoms with van der Waals surface area (Å²) in [6.07, 6.45) is 5.05. The molecule has 25 heavy (non-hydrogen) atoms. The van der Waals surface area contributed by atoms with Gasteiger partial charge in [-0.05, 0) is 68.0 Å². The Morgan fingerprint density at radius 1 is 1.16 bits per heavy atom. The van der Waals surface area contributed by atoms with Gasteiger partial charge in [0, 0.05) is 6.04 Å². The van der Waals surface area contributed by atoms with Crippen molar-refractivity contribution in [3.8, 4) is 10.9 Å². The van der Waals surface area contributed by atoms with Gasteiger partial charge in [0.2, 0.25) is 0 Å². The summed E-state index contributed by atoms with van der Waals surface area (Å²) in [7, 11) is 0. The Labute approximate surface area is 153 Å². The molecule has 3 aromatic rings. The topological polar surface area (TPSA) is 34.1 Å². The van der Waals surface area contributed by atoms with Crippen molar-refractivity contribution in [1.82, 2.24) is 10.3 Å². The zero-order valence-electron chi connectivity index (χ0n) is 14.6. The Hall–Kier alpha value is -1.91. The van der Waals surface area contributed by atoms with E-state index in [1.165, 1.54) is 24.8 Å². The number of hydrogen-bond donors (Lipinski definition) is 1. The third-order valence-electron chi connectivity index (χ3n) is 4.71. The van der Waals surface area contributed by atoms with E-state index in [1.54, 1.807) is 11.3 Å². The molecule has 4 heteroatoms. The van der Waals surface area contributed by atoms with Gasteiger partial charge < -0.3 is 10.1 Å². The number of nitrogens with zero attached hydrogens (tertiary/aromatic N) is 1. The minimum Gasteiger partial charge on any atom is -0.431 e. The molecule has 0 saturated heterocycles. The molecular formula is C21H24N2OS. The number of fused-ring (bicyclic) bond motifs is 1. The molecule has 0 spiro atoms. The van der Waals surface area contributed by atoms with Gasteiger partial charge in [0.25, 0.3) is 5.19 Å². The number of thiazole rings is 1. The first kappa shape index (κ1) is 16.6. The van der Waals surface area contributed by atoms with E-state index in [2.05, 4.69) is 47.6 Å². The molecule has 0 aliphatic heterocycles. The average Bonchev–Trinajstić information content (AvgIpc) is 3.40. The van der Waals surface area contributed by atoms with Crippen LogP contribution in [0.4, 0.5) is 0 Å². The molecule has 3 nitrogen and oxygen atoms in total. The Morgan fingerprint density at radius 2 is 1.96 bits per heavy atom. The third kappa shape index (κ3) is 4.20. The summed E-state index contributed by atoms with van der Waals surface area (Å²) < 4.78 is 7.10. The molecule has 1 aliphatic carbocycles. The third-order valence-corrected chi connectivity index (χ3v) is 5.62. The molecule has 0 radical (unpaired) electrons. The molecule has 1 aromatic heterocycles. The van der Waals surface area contributed by atoms with Crippen LogP contribution >= 0.6 is 11.3 Å². The predicted octanol–water partition coefficient (Wildman–Crippen LogP) is 5.41. The fourth-order valence-corrected chi connectivity index (χ4v) is 4.01. The van der Waals surface area contributed by atoms with Crippen LogP contribution in [0.5, 0.6) is 10.9 Å². The molecule has 1 fully saturated rings. The van der Waals surface area contributed by atoms with Crippen LogP contribution in [0.3, 0.4) is 0 Å². The lowest BCUT2D eigenvalue weighted by Gasteiger charge is -2.18. The molecular weight excluding hydrogens is 328 g/mol. The van der Waals surface area contributed by atoms with Gasteiger partial charge in [0.15, 0.2) is 0 Å². The molecule has 4 rings (SSSR count). The van der Waals surface area contributed by atoms with Gasteiger partial charge >= 0.3 is 0 Å². The van der Waals surface area contributed by atoms with Crippen LogP contribution in [0.15, 0.2) is 48.5 Å². The minimum atomic E-state index is 0.621. The van der Waals surface area contributed by atoms with Crippen LogP contribution in [-0.2, 0) is 6.42 Å². The Morgan fingerprint density at radius 3 is 2.68 bits per heavy atom. The second-order valence-electron chi connectivity index (χ2n) is 6.80. The molecule has 1 atom stereocenters. The highest BCUT2D eigenvalue weighted by molar-refractivity contribution is 7.20. The SMILES string of the molecule is CCCNC(Cc1ccc(Oc2nc3ccccc3s2)cc1)C1CC1. The molecule has 130 valence electrons. The maximum atomic E-state index is 5.94. The molecule has 0 bridgehead atoms. The van der Waals surface area contributed by atoms with E-state index in [1.807, 2.05) is 18.2 Å². The lowest BCUT2D eigenvalue weighted by molar-refractivity contribution is 0.458. The molecule has 1 aliphatic rings. The highest BCUT2D eigenvalue weighted by atomic mass is 32.1. The van der Waals surface area contributed by atoms with E-state index in [9.17, 15) is 0 Å². The Balaban J connectivity index is 1.40. The van der Waals surface area contributed by atoms with Crippen molar-refractivity contribution >= 4 is 21.6 Å². The van der Waals surface area contributed by atoms with E-state index in [0.29, 0.717) is 11.2 Å². The van der Waals surface area contributed by atoms with Crippen LogP contribution in [0, 0.1) is 5.92 Å². The molecule has 1 unspecified atom stereocenters. The second-order valence-corrected chi connectivity index (χ2v) is 7.79. The van der Waals surface area contributed by atoms with Crippen LogP contribution in [-0.4, -0.2) is 17.6 Å². The van der Waals surface area contributed by atoms with Gasteiger partial charge in [-0.25, -0.2) is 4.98 Å². The highest BCUT2D eigenvalue weighted by Gasteiger charge is 2.30. The molecule has 0 amide bonds. The molecule has 1 saturated carbocycles. The summed E-state index contributed by atoms with van der Waals surface area (Å²) in [6.45, 7) is 3.34. The number of benzene rings is 2. The molecule has 2 aromatic carbocycles. The summed E-state index contributed by atoms with van der Waals surface area (Å²) in [5.74, 6) is 1.72. The zero-order valence-corrected chi connectivity index (χ0v) is 15.4. The van der Waals surface area contributed by atoms with Crippen molar-refractivity contribution in [3.63, 3.8) is 0 Å². The Kier molecular flexibility index (Phi) is 4.99. The quantitative estimate of drug-likeness (QED) is 0.588. The lowest BCUT2D eigenvalue weighted by Crippen LogP contribution is -2.33.